The van der Waals surface area contributed by atoms with Crippen molar-refractivity contribution in [3.8, 4) is 6.07 Å². The maximum atomic E-state index is 9.18. The quantitative estimate of drug-likeness (QED) is 0.591. The van der Waals surface area contributed by atoms with E-state index >= 15 is 0 Å². The van der Waals surface area contributed by atoms with Crippen molar-refractivity contribution in [1.29, 1.82) is 5.26 Å². The molecule has 0 aliphatic heterocycles. The van der Waals surface area contributed by atoms with Crippen molar-refractivity contribution in [3.05, 3.63) is 0 Å². The molecule has 0 saturated carbocycles. The molecule has 0 aromatic carbocycles. The van der Waals surface area contributed by atoms with E-state index in [9.17, 15) is 10.2 Å². The van der Waals surface area contributed by atoms with Gasteiger partial charge in [0.1, 0.15) is 12.5 Å². The minimum Gasteiger partial charge on any atom is -0.379 e. The largest absolute Gasteiger partial charge is 0.379 e. The van der Waals surface area contributed by atoms with Gasteiger partial charge in [-0.2, -0.15) is 5.26 Å². The van der Waals surface area contributed by atoms with Crippen molar-refractivity contribution >= 4 is 0 Å². The molecule has 0 aliphatic rings. The lowest BCUT2D eigenvalue weighted by atomic mass is 10.2. The molecular formula is C8H16N2O2. The lowest BCUT2D eigenvalue weighted by Gasteiger charge is -2.28. The fraction of sp³-hybridized carbons (Fsp3) is 0.875. The highest BCUT2D eigenvalue weighted by atomic mass is 16.3. The first kappa shape index (κ1) is 11.4. The maximum Gasteiger partial charge on any atom is 0.106 e. The lowest BCUT2D eigenvalue weighted by molar-refractivity contribution is -0.0874. The van der Waals surface area contributed by atoms with E-state index in [0.29, 0.717) is 6.54 Å². The van der Waals surface area contributed by atoms with Crippen LogP contribution in [0.25, 0.3) is 0 Å². The minimum absolute atomic E-state index is 0.186. The number of rotatable bonds is 4. The SMILES string of the molecule is CC(C#N)CN(C(C)O)[C@@H](C)O. The molecule has 0 bridgehead atoms. The van der Waals surface area contributed by atoms with Gasteiger partial charge in [-0.15, -0.1) is 0 Å². The van der Waals surface area contributed by atoms with Crippen LogP contribution in [0.2, 0.25) is 0 Å². The highest BCUT2D eigenvalue weighted by Gasteiger charge is 2.18. The van der Waals surface area contributed by atoms with Crippen molar-refractivity contribution in [2.24, 2.45) is 5.92 Å². The predicted octanol–water partition coefficient (Wildman–Crippen LogP) is 0.125. The lowest BCUT2D eigenvalue weighted by Crippen LogP contribution is -2.42. The van der Waals surface area contributed by atoms with Gasteiger partial charge >= 0.3 is 0 Å². The molecule has 3 atom stereocenters. The molecular weight excluding hydrogens is 156 g/mol. The third kappa shape index (κ3) is 3.67. The topological polar surface area (TPSA) is 67.5 Å². The molecule has 0 rings (SSSR count). The van der Waals surface area contributed by atoms with E-state index in [1.807, 2.05) is 6.07 Å². The van der Waals surface area contributed by atoms with Crippen LogP contribution in [0.15, 0.2) is 0 Å². The summed E-state index contributed by atoms with van der Waals surface area (Å²) in [5.41, 5.74) is 0. The zero-order valence-corrected chi connectivity index (χ0v) is 7.73. The zero-order chi connectivity index (χ0) is 9.72. The molecule has 0 spiro atoms. The molecule has 4 heteroatoms. The number of aliphatic hydroxyl groups excluding tert-OH is 2. The van der Waals surface area contributed by atoms with Crippen LogP contribution in [0.5, 0.6) is 0 Å². The Morgan fingerprint density at radius 2 is 1.67 bits per heavy atom. The van der Waals surface area contributed by atoms with Gasteiger partial charge in [0, 0.05) is 6.54 Å². The Bertz CT molecular complexity index is 155. The summed E-state index contributed by atoms with van der Waals surface area (Å²) in [6.45, 7) is 5.26. The Kier molecular flexibility index (Phi) is 4.83. The summed E-state index contributed by atoms with van der Waals surface area (Å²) in [4.78, 5) is 1.45. The van der Waals surface area contributed by atoms with Gasteiger partial charge in [0.05, 0.1) is 12.0 Å². The first-order chi connectivity index (χ1) is 5.49. The van der Waals surface area contributed by atoms with E-state index in [4.69, 9.17) is 5.26 Å². The fourth-order valence-corrected chi connectivity index (χ4v) is 0.974. The molecule has 0 aromatic heterocycles. The van der Waals surface area contributed by atoms with Gasteiger partial charge in [0.15, 0.2) is 0 Å². The van der Waals surface area contributed by atoms with E-state index in [1.165, 1.54) is 4.90 Å². The van der Waals surface area contributed by atoms with E-state index in [-0.39, 0.29) is 5.92 Å². The van der Waals surface area contributed by atoms with Gasteiger partial charge in [0.2, 0.25) is 0 Å². The van der Waals surface area contributed by atoms with Crippen LogP contribution in [-0.2, 0) is 0 Å². The Hall–Kier alpha value is -0.630. The van der Waals surface area contributed by atoms with Gasteiger partial charge in [0.25, 0.3) is 0 Å². The van der Waals surface area contributed by atoms with Crippen molar-refractivity contribution in [2.45, 2.75) is 33.2 Å². The number of nitrogens with zero attached hydrogens (tertiary/aromatic N) is 2. The summed E-state index contributed by atoms with van der Waals surface area (Å²) in [5, 5.41) is 26.9. The van der Waals surface area contributed by atoms with Crippen molar-refractivity contribution in [2.75, 3.05) is 6.54 Å². The van der Waals surface area contributed by atoms with Crippen LogP contribution in [-0.4, -0.2) is 34.1 Å². The van der Waals surface area contributed by atoms with Crippen LogP contribution in [0.3, 0.4) is 0 Å². The second-order valence-electron chi connectivity index (χ2n) is 2.99. The van der Waals surface area contributed by atoms with E-state index < -0.39 is 12.5 Å². The van der Waals surface area contributed by atoms with Crippen LogP contribution in [0, 0.1) is 17.2 Å². The van der Waals surface area contributed by atoms with Crippen molar-refractivity contribution < 1.29 is 10.2 Å². The molecule has 0 aromatic rings. The van der Waals surface area contributed by atoms with Gasteiger partial charge in [-0.05, 0) is 20.8 Å². The normalized spacial score (nSPS) is 18.4. The molecule has 12 heavy (non-hydrogen) atoms. The van der Waals surface area contributed by atoms with Crippen LogP contribution in [0.1, 0.15) is 20.8 Å². The molecule has 0 amide bonds. The zero-order valence-electron chi connectivity index (χ0n) is 7.73. The summed E-state index contributed by atoms with van der Waals surface area (Å²) in [5.74, 6) is -0.186. The van der Waals surface area contributed by atoms with Crippen LogP contribution >= 0.6 is 0 Å². The van der Waals surface area contributed by atoms with E-state index in [1.54, 1.807) is 20.8 Å². The van der Waals surface area contributed by atoms with Gasteiger partial charge in [-0.3, -0.25) is 4.90 Å². The molecule has 2 unspecified atom stereocenters. The monoisotopic (exact) mass is 172 g/mol. The second kappa shape index (κ2) is 5.09. The van der Waals surface area contributed by atoms with Crippen molar-refractivity contribution in [3.63, 3.8) is 0 Å². The maximum absolute atomic E-state index is 9.18. The number of hydrogen-bond acceptors (Lipinski definition) is 4. The summed E-state index contributed by atoms with van der Waals surface area (Å²) < 4.78 is 0. The Labute approximate surface area is 73.0 Å². The number of nitriles is 1. The summed E-state index contributed by atoms with van der Waals surface area (Å²) >= 11 is 0. The molecule has 0 fully saturated rings. The Morgan fingerprint density at radius 3 is 1.92 bits per heavy atom. The third-order valence-corrected chi connectivity index (χ3v) is 1.66. The van der Waals surface area contributed by atoms with Crippen LogP contribution < -0.4 is 0 Å². The van der Waals surface area contributed by atoms with E-state index in [0.717, 1.165) is 0 Å². The van der Waals surface area contributed by atoms with E-state index in [2.05, 4.69) is 0 Å². The second-order valence-corrected chi connectivity index (χ2v) is 2.99. The smallest absolute Gasteiger partial charge is 0.106 e. The van der Waals surface area contributed by atoms with Gasteiger partial charge < -0.3 is 10.2 Å². The minimum atomic E-state index is -0.721. The predicted molar refractivity (Wildman–Crippen MR) is 44.8 cm³/mol. The van der Waals surface area contributed by atoms with Crippen molar-refractivity contribution in [1.82, 2.24) is 4.90 Å². The first-order valence-electron chi connectivity index (χ1n) is 4.00. The Morgan fingerprint density at radius 1 is 1.25 bits per heavy atom. The molecule has 70 valence electrons. The number of aliphatic hydroxyl groups is 2. The molecule has 0 saturated heterocycles. The molecule has 0 aliphatic carbocycles. The third-order valence-electron chi connectivity index (χ3n) is 1.66. The van der Waals surface area contributed by atoms with Crippen LogP contribution in [0.4, 0.5) is 0 Å². The highest BCUT2D eigenvalue weighted by Crippen LogP contribution is 2.05. The first-order valence-corrected chi connectivity index (χ1v) is 4.00. The average molecular weight is 172 g/mol. The summed E-state index contributed by atoms with van der Waals surface area (Å²) in [6.07, 6.45) is -1.44. The summed E-state index contributed by atoms with van der Waals surface area (Å²) in [6, 6.07) is 2.04. The number of hydrogen-bond donors (Lipinski definition) is 2. The molecule has 4 nitrogen and oxygen atoms in total. The highest BCUT2D eigenvalue weighted by molar-refractivity contribution is 4.81. The molecule has 0 radical (unpaired) electrons. The fourth-order valence-electron chi connectivity index (χ4n) is 0.974. The molecule has 0 heterocycles. The standard InChI is InChI=1S/C8H16N2O2/c1-6(4-9)5-10(7(2)11)8(3)12/h6-8,11-12H,5H2,1-3H3/t6?,7-,8?/m1/s1. The Balaban J connectivity index is 4.07. The summed E-state index contributed by atoms with van der Waals surface area (Å²) in [7, 11) is 0. The molecule has 2 N–H and O–H groups in total. The van der Waals surface area contributed by atoms with Gasteiger partial charge in [-0.1, -0.05) is 0 Å². The average Bonchev–Trinajstić information content (AvgIpc) is 1.98. The van der Waals surface area contributed by atoms with Gasteiger partial charge in [-0.25, -0.2) is 0 Å².